The zero-order chi connectivity index (χ0) is 22.6. The zero-order valence-electron chi connectivity index (χ0n) is 18.5. The average molecular weight is 449 g/mol. The first-order valence-corrected chi connectivity index (χ1v) is 11.4. The number of carbonyl (C=O) groups is 1. The summed E-state index contributed by atoms with van der Waals surface area (Å²) in [7, 11) is 0. The van der Waals surface area contributed by atoms with Crippen molar-refractivity contribution >= 4 is 5.91 Å². The Kier molecular flexibility index (Phi) is 6.32. The van der Waals surface area contributed by atoms with Crippen molar-refractivity contribution in [3.8, 4) is 11.4 Å². The lowest BCUT2D eigenvalue weighted by Gasteiger charge is -2.32. The van der Waals surface area contributed by atoms with Crippen LogP contribution in [0.2, 0.25) is 0 Å². The zero-order valence-corrected chi connectivity index (χ0v) is 18.5. The number of hydrogen-bond acceptors (Lipinski definition) is 7. The molecule has 0 spiro atoms. The standard InChI is InChI=1S/C24H28N6O3/c31-16-19-2-1-9-28(14-19)13-18-3-8-23-21(12-18)15-29(10-11-33-23)24(32)20-4-6-22(7-5-20)30-17-25-26-27-30/h3-8,12,17,19,31H,1-2,9-11,13-16H2. The quantitative estimate of drug-likeness (QED) is 0.637. The van der Waals surface area contributed by atoms with Crippen LogP contribution in [0.1, 0.15) is 34.3 Å². The molecule has 2 aliphatic rings. The molecule has 0 aliphatic carbocycles. The van der Waals surface area contributed by atoms with E-state index in [1.807, 2.05) is 23.1 Å². The number of fused-ring (bicyclic) bond motifs is 1. The molecule has 1 atom stereocenters. The molecule has 9 nitrogen and oxygen atoms in total. The van der Waals surface area contributed by atoms with Gasteiger partial charge in [0.25, 0.3) is 5.91 Å². The van der Waals surface area contributed by atoms with Gasteiger partial charge in [0.1, 0.15) is 18.7 Å². The molecule has 3 heterocycles. The fourth-order valence-electron chi connectivity index (χ4n) is 4.64. The molecule has 1 amide bonds. The van der Waals surface area contributed by atoms with Crippen LogP contribution in [-0.2, 0) is 13.1 Å². The molecule has 0 bridgehead atoms. The number of piperidine rings is 1. The lowest BCUT2D eigenvalue weighted by Crippen LogP contribution is -2.36. The third kappa shape index (κ3) is 4.89. The van der Waals surface area contributed by atoms with Crippen molar-refractivity contribution in [1.82, 2.24) is 30.0 Å². The van der Waals surface area contributed by atoms with Gasteiger partial charge in [-0.1, -0.05) is 6.07 Å². The predicted octanol–water partition coefficient (Wildman–Crippen LogP) is 1.90. The average Bonchev–Trinajstić information content (AvgIpc) is 3.31. The molecule has 1 aromatic heterocycles. The predicted molar refractivity (Wildman–Crippen MR) is 121 cm³/mol. The van der Waals surface area contributed by atoms with E-state index in [4.69, 9.17) is 4.74 Å². The van der Waals surface area contributed by atoms with Gasteiger partial charge in [-0.05, 0) is 77.7 Å². The summed E-state index contributed by atoms with van der Waals surface area (Å²) in [5.74, 6) is 1.18. The van der Waals surface area contributed by atoms with Crippen LogP contribution in [0.4, 0.5) is 0 Å². The number of likely N-dealkylation sites (tertiary alicyclic amines) is 1. The Balaban J connectivity index is 1.29. The van der Waals surface area contributed by atoms with Crippen LogP contribution < -0.4 is 4.74 Å². The number of amides is 1. The van der Waals surface area contributed by atoms with Gasteiger partial charge in [-0.25, -0.2) is 4.68 Å². The second-order valence-electron chi connectivity index (χ2n) is 8.74. The van der Waals surface area contributed by atoms with Crippen molar-refractivity contribution in [2.75, 3.05) is 32.8 Å². The highest BCUT2D eigenvalue weighted by Gasteiger charge is 2.23. The maximum absolute atomic E-state index is 13.2. The Morgan fingerprint density at radius 2 is 2.03 bits per heavy atom. The third-order valence-electron chi connectivity index (χ3n) is 6.39. The highest BCUT2D eigenvalue weighted by Crippen LogP contribution is 2.27. The highest BCUT2D eigenvalue weighted by molar-refractivity contribution is 5.94. The van der Waals surface area contributed by atoms with Gasteiger partial charge in [-0.2, -0.15) is 0 Å². The molecule has 33 heavy (non-hydrogen) atoms. The van der Waals surface area contributed by atoms with Crippen molar-refractivity contribution in [1.29, 1.82) is 0 Å². The van der Waals surface area contributed by atoms with Crippen molar-refractivity contribution in [2.45, 2.75) is 25.9 Å². The van der Waals surface area contributed by atoms with E-state index in [1.54, 1.807) is 16.8 Å². The van der Waals surface area contributed by atoms with Crippen LogP contribution in [0.15, 0.2) is 48.8 Å². The molecule has 2 aromatic carbocycles. The monoisotopic (exact) mass is 448 g/mol. The molecule has 2 aliphatic heterocycles. The van der Waals surface area contributed by atoms with Crippen molar-refractivity contribution in [2.24, 2.45) is 5.92 Å². The van der Waals surface area contributed by atoms with E-state index in [1.165, 1.54) is 11.9 Å². The molecule has 1 unspecified atom stereocenters. The SMILES string of the molecule is O=C(c1ccc(-n2cnnn2)cc1)N1CCOc2ccc(CN3CCCC(CO)C3)cc2C1. The van der Waals surface area contributed by atoms with Crippen LogP contribution in [0.5, 0.6) is 5.75 Å². The van der Waals surface area contributed by atoms with Crippen LogP contribution in [0.3, 0.4) is 0 Å². The number of carbonyl (C=O) groups excluding carboxylic acids is 1. The number of ether oxygens (including phenoxy) is 1. The molecule has 0 saturated carbocycles. The second kappa shape index (κ2) is 9.68. The number of hydrogen-bond donors (Lipinski definition) is 1. The van der Waals surface area contributed by atoms with E-state index in [9.17, 15) is 9.90 Å². The van der Waals surface area contributed by atoms with E-state index in [0.29, 0.717) is 31.2 Å². The van der Waals surface area contributed by atoms with Crippen LogP contribution in [-0.4, -0.2) is 73.9 Å². The van der Waals surface area contributed by atoms with E-state index >= 15 is 0 Å². The Morgan fingerprint density at radius 1 is 1.15 bits per heavy atom. The normalized spacial score (nSPS) is 18.9. The van der Waals surface area contributed by atoms with Crippen molar-refractivity contribution < 1.29 is 14.6 Å². The molecule has 5 rings (SSSR count). The van der Waals surface area contributed by atoms with Gasteiger partial charge in [0.15, 0.2) is 0 Å². The number of benzene rings is 2. The number of nitrogens with zero attached hydrogens (tertiary/aromatic N) is 6. The van der Waals surface area contributed by atoms with E-state index < -0.39 is 0 Å². The minimum absolute atomic E-state index is 0.0260. The Hall–Kier alpha value is -3.30. The van der Waals surface area contributed by atoms with Crippen LogP contribution >= 0.6 is 0 Å². The maximum atomic E-state index is 13.2. The molecule has 172 valence electrons. The van der Waals surface area contributed by atoms with Gasteiger partial charge in [0, 0.05) is 37.4 Å². The lowest BCUT2D eigenvalue weighted by atomic mass is 9.98. The molecular weight excluding hydrogens is 420 g/mol. The first-order valence-electron chi connectivity index (χ1n) is 11.4. The van der Waals surface area contributed by atoms with Gasteiger partial charge in [-0.15, -0.1) is 5.10 Å². The van der Waals surface area contributed by atoms with Gasteiger partial charge in [0.2, 0.25) is 0 Å². The fraction of sp³-hybridized carbons (Fsp3) is 0.417. The van der Waals surface area contributed by atoms with Gasteiger partial charge < -0.3 is 14.7 Å². The van der Waals surface area contributed by atoms with Crippen LogP contribution in [0, 0.1) is 5.92 Å². The first kappa shape index (κ1) is 21.5. The van der Waals surface area contributed by atoms with Gasteiger partial charge in [0.05, 0.1) is 12.2 Å². The summed E-state index contributed by atoms with van der Waals surface area (Å²) in [5, 5.41) is 20.7. The topological polar surface area (TPSA) is 96.6 Å². The number of tetrazole rings is 1. The molecule has 9 heteroatoms. The van der Waals surface area contributed by atoms with Crippen molar-refractivity contribution in [3.63, 3.8) is 0 Å². The lowest BCUT2D eigenvalue weighted by molar-refractivity contribution is 0.0733. The minimum Gasteiger partial charge on any atom is -0.491 e. The Morgan fingerprint density at radius 3 is 2.82 bits per heavy atom. The summed E-state index contributed by atoms with van der Waals surface area (Å²) in [5.41, 5.74) is 3.65. The van der Waals surface area contributed by atoms with E-state index in [2.05, 4.69) is 32.6 Å². The summed E-state index contributed by atoms with van der Waals surface area (Å²) in [6, 6.07) is 13.6. The largest absolute Gasteiger partial charge is 0.491 e. The van der Waals surface area contributed by atoms with E-state index in [-0.39, 0.29) is 12.5 Å². The fourth-order valence-corrected chi connectivity index (χ4v) is 4.64. The summed E-state index contributed by atoms with van der Waals surface area (Å²) >= 11 is 0. The second-order valence-corrected chi connectivity index (χ2v) is 8.74. The third-order valence-corrected chi connectivity index (χ3v) is 6.39. The highest BCUT2D eigenvalue weighted by atomic mass is 16.5. The first-order chi connectivity index (χ1) is 16.2. The number of rotatable bonds is 5. The summed E-state index contributed by atoms with van der Waals surface area (Å²) < 4.78 is 7.50. The smallest absolute Gasteiger partial charge is 0.254 e. The molecular formula is C24H28N6O3. The van der Waals surface area contributed by atoms with E-state index in [0.717, 1.165) is 49.5 Å². The molecule has 1 fully saturated rings. The minimum atomic E-state index is -0.0260. The summed E-state index contributed by atoms with van der Waals surface area (Å²) in [6.07, 6.45) is 3.73. The number of aliphatic hydroxyl groups is 1. The van der Waals surface area contributed by atoms with Crippen molar-refractivity contribution in [3.05, 3.63) is 65.5 Å². The van der Waals surface area contributed by atoms with Crippen LogP contribution in [0.25, 0.3) is 5.69 Å². The molecule has 0 radical (unpaired) electrons. The van der Waals surface area contributed by atoms with Gasteiger partial charge >= 0.3 is 0 Å². The maximum Gasteiger partial charge on any atom is 0.254 e. The number of aliphatic hydroxyl groups excluding tert-OH is 1. The Bertz CT molecular complexity index is 1090. The number of aromatic nitrogens is 4. The molecule has 1 saturated heterocycles. The summed E-state index contributed by atoms with van der Waals surface area (Å²) in [4.78, 5) is 17.5. The molecule has 3 aromatic rings. The molecule has 1 N–H and O–H groups in total. The summed E-state index contributed by atoms with van der Waals surface area (Å²) in [6.45, 7) is 4.58. The van der Waals surface area contributed by atoms with Gasteiger partial charge in [-0.3, -0.25) is 9.69 Å². The Labute approximate surface area is 192 Å².